The van der Waals surface area contributed by atoms with Crippen LogP contribution in [0.25, 0.3) is 0 Å². The zero-order valence-corrected chi connectivity index (χ0v) is 11.8. The lowest BCUT2D eigenvalue weighted by Gasteiger charge is -2.31. The second-order valence-electron chi connectivity index (χ2n) is 4.73. The molecule has 0 aromatic carbocycles. The molecule has 2 fully saturated rings. The minimum absolute atomic E-state index is 0. The van der Waals surface area contributed by atoms with Crippen molar-refractivity contribution < 1.29 is 0 Å². The van der Waals surface area contributed by atoms with Crippen molar-refractivity contribution in [2.45, 2.75) is 39.2 Å². The van der Waals surface area contributed by atoms with Crippen LogP contribution >= 0.6 is 39.4 Å². The van der Waals surface area contributed by atoms with Gasteiger partial charge in [-0.15, -0.1) is 12.4 Å². The molecule has 0 radical (unpaired) electrons. The summed E-state index contributed by atoms with van der Waals surface area (Å²) in [4.78, 5) is 0. The van der Waals surface area contributed by atoms with E-state index in [1.165, 1.54) is 19.3 Å². The van der Waals surface area contributed by atoms with Crippen LogP contribution in [-0.4, -0.2) is 6.04 Å². The lowest BCUT2D eigenvalue weighted by atomic mass is 9.78. The first-order valence-corrected chi connectivity index (χ1v) is 4.95. The molecule has 2 saturated carbocycles. The molecule has 4 heteroatoms. The third-order valence-electron chi connectivity index (χ3n) is 3.82. The minimum atomic E-state index is 0. The van der Waals surface area contributed by atoms with Gasteiger partial charge in [0.25, 0.3) is 0 Å². The van der Waals surface area contributed by atoms with Gasteiger partial charge in [0.05, 0.1) is 0 Å². The first-order valence-electron chi connectivity index (χ1n) is 4.95. The first kappa shape index (κ1) is 17.3. The van der Waals surface area contributed by atoms with Gasteiger partial charge in [0.15, 0.2) is 0 Å². The second-order valence-corrected chi connectivity index (χ2v) is 4.73. The lowest BCUT2D eigenvalue weighted by Crippen LogP contribution is -2.38. The van der Waals surface area contributed by atoms with E-state index in [2.05, 4.69) is 13.8 Å². The van der Waals surface area contributed by atoms with E-state index in [0.717, 1.165) is 23.7 Å². The zero-order valence-electron chi connectivity index (χ0n) is 8.99. The highest BCUT2D eigenvalue weighted by Gasteiger charge is 2.46. The Morgan fingerprint density at radius 2 is 1.57 bits per heavy atom. The molecule has 14 heavy (non-hydrogen) atoms. The van der Waals surface area contributed by atoms with E-state index in [0.29, 0.717) is 6.04 Å². The largest absolute Gasteiger partial charge is 0.327 e. The predicted molar refractivity (Wildman–Crippen MR) is 75.1 cm³/mol. The maximum absolute atomic E-state index is 6.17. The maximum Gasteiger partial charge on any atom is 0.0101 e. The summed E-state index contributed by atoms with van der Waals surface area (Å²) in [6.07, 6.45) is 4.31. The summed E-state index contributed by atoms with van der Waals surface area (Å²) in [7, 11) is 0. The third-order valence-corrected chi connectivity index (χ3v) is 3.82. The molecule has 2 aliphatic carbocycles. The molecule has 2 bridgehead atoms. The van der Waals surface area contributed by atoms with Gasteiger partial charge >= 0.3 is 0 Å². The quantitative estimate of drug-likeness (QED) is 0.768. The number of hydrogen-bond acceptors (Lipinski definition) is 1. The Balaban J connectivity index is 0. The van der Waals surface area contributed by atoms with E-state index in [-0.39, 0.29) is 39.4 Å². The minimum Gasteiger partial charge on any atom is -0.327 e. The van der Waals surface area contributed by atoms with Gasteiger partial charge in [-0.2, -0.15) is 27.0 Å². The highest BCUT2D eigenvalue weighted by molar-refractivity contribution is 7.59. The number of halogens is 1. The Morgan fingerprint density at radius 3 is 1.86 bits per heavy atom. The summed E-state index contributed by atoms with van der Waals surface area (Å²) in [5.74, 6) is 3.51. The number of hydrogen-bond donors (Lipinski definition) is 1. The van der Waals surface area contributed by atoms with Crippen molar-refractivity contribution in [1.29, 1.82) is 0 Å². The summed E-state index contributed by atoms with van der Waals surface area (Å²) in [6.45, 7) is 4.65. The van der Waals surface area contributed by atoms with Crippen molar-refractivity contribution in [3.8, 4) is 0 Å². The van der Waals surface area contributed by atoms with Crippen molar-refractivity contribution in [3.63, 3.8) is 0 Å². The molecule has 4 atom stereocenters. The summed E-state index contributed by atoms with van der Waals surface area (Å²) < 4.78 is 0. The Bertz CT molecular complexity index is 164. The van der Waals surface area contributed by atoms with Gasteiger partial charge in [-0.05, 0) is 42.9 Å². The standard InChI is InChI=1S/C10H19N.ClH.2H2S/c1-6(2)9-7-3-4-8(5-7)10(9)11;;;/h6-10H,3-5,11H2,1-2H3;1H;2*1H2/t7-,8+,9+,10+;;;/m1.../s1. The normalized spacial score (nSPS) is 38.6. The fourth-order valence-corrected chi connectivity index (χ4v) is 3.37. The van der Waals surface area contributed by atoms with E-state index >= 15 is 0 Å². The van der Waals surface area contributed by atoms with Crippen LogP contribution < -0.4 is 5.73 Å². The fraction of sp³-hybridized carbons (Fsp3) is 1.00. The van der Waals surface area contributed by atoms with Crippen molar-refractivity contribution in [2.24, 2.45) is 29.4 Å². The van der Waals surface area contributed by atoms with Gasteiger partial charge < -0.3 is 5.73 Å². The number of fused-ring (bicyclic) bond motifs is 2. The van der Waals surface area contributed by atoms with Crippen LogP contribution in [0.15, 0.2) is 0 Å². The average Bonchev–Trinajstić information content (AvgIpc) is 2.44. The fourth-order valence-electron chi connectivity index (χ4n) is 3.37. The molecule has 0 unspecified atom stereocenters. The summed E-state index contributed by atoms with van der Waals surface area (Å²) in [5.41, 5.74) is 6.17. The Labute approximate surface area is 108 Å². The van der Waals surface area contributed by atoms with Crippen LogP contribution in [-0.2, 0) is 0 Å². The highest BCUT2D eigenvalue weighted by atomic mass is 35.5. The van der Waals surface area contributed by atoms with Gasteiger partial charge in [-0.3, -0.25) is 0 Å². The van der Waals surface area contributed by atoms with Gasteiger partial charge in [-0.1, -0.05) is 13.8 Å². The molecule has 0 aromatic rings. The first-order chi connectivity index (χ1) is 5.20. The van der Waals surface area contributed by atoms with Crippen molar-refractivity contribution in [3.05, 3.63) is 0 Å². The van der Waals surface area contributed by atoms with Crippen LogP contribution in [0.3, 0.4) is 0 Å². The molecule has 0 amide bonds. The molecule has 2 N–H and O–H groups in total. The molecular formula is C10H24ClNS2. The van der Waals surface area contributed by atoms with Crippen LogP contribution in [0.2, 0.25) is 0 Å². The summed E-state index contributed by atoms with van der Waals surface area (Å²) in [5, 5.41) is 0. The van der Waals surface area contributed by atoms with E-state index in [9.17, 15) is 0 Å². The molecular weight excluding hydrogens is 234 g/mol. The van der Waals surface area contributed by atoms with Crippen molar-refractivity contribution in [2.75, 3.05) is 0 Å². The second kappa shape index (κ2) is 6.51. The molecule has 1 nitrogen and oxygen atoms in total. The molecule has 2 rings (SSSR count). The van der Waals surface area contributed by atoms with E-state index in [1.54, 1.807) is 0 Å². The van der Waals surface area contributed by atoms with Crippen LogP contribution in [0.1, 0.15) is 33.1 Å². The smallest absolute Gasteiger partial charge is 0.0101 e. The van der Waals surface area contributed by atoms with Crippen LogP contribution in [0.5, 0.6) is 0 Å². The summed E-state index contributed by atoms with van der Waals surface area (Å²) >= 11 is 0. The van der Waals surface area contributed by atoms with Crippen molar-refractivity contribution >= 4 is 39.4 Å². The highest BCUT2D eigenvalue weighted by Crippen LogP contribution is 2.50. The summed E-state index contributed by atoms with van der Waals surface area (Å²) in [6, 6.07) is 0.536. The Hall–Kier alpha value is 0.950. The van der Waals surface area contributed by atoms with Crippen LogP contribution in [0.4, 0.5) is 0 Å². The monoisotopic (exact) mass is 257 g/mol. The molecule has 88 valence electrons. The number of rotatable bonds is 1. The third kappa shape index (κ3) is 2.75. The topological polar surface area (TPSA) is 26.0 Å². The average molecular weight is 258 g/mol. The van der Waals surface area contributed by atoms with Gasteiger partial charge in [0.2, 0.25) is 0 Å². The Kier molecular flexibility index (Phi) is 8.07. The van der Waals surface area contributed by atoms with E-state index < -0.39 is 0 Å². The zero-order chi connectivity index (χ0) is 8.01. The molecule has 0 spiro atoms. The molecule has 0 aliphatic heterocycles. The predicted octanol–water partition coefficient (Wildman–Crippen LogP) is 2.66. The Morgan fingerprint density at radius 1 is 1.07 bits per heavy atom. The molecule has 2 aliphatic rings. The van der Waals surface area contributed by atoms with E-state index in [4.69, 9.17) is 5.73 Å². The lowest BCUT2D eigenvalue weighted by molar-refractivity contribution is 0.222. The SMILES string of the molecule is CC(C)[C@H]1[C@@H]2CC[C@@H](C2)[C@@H]1N.Cl.S.S. The maximum atomic E-state index is 6.17. The van der Waals surface area contributed by atoms with Gasteiger partial charge in [-0.25, -0.2) is 0 Å². The van der Waals surface area contributed by atoms with Gasteiger partial charge in [0, 0.05) is 6.04 Å². The van der Waals surface area contributed by atoms with Gasteiger partial charge in [0.1, 0.15) is 0 Å². The molecule has 0 aromatic heterocycles. The van der Waals surface area contributed by atoms with Crippen molar-refractivity contribution in [1.82, 2.24) is 0 Å². The van der Waals surface area contributed by atoms with E-state index in [1.807, 2.05) is 0 Å². The van der Waals surface area contributed by atoms with Crippen LogP contribution in [0, 0.1) is 23.7 Å². The molecule has 0 heterocycles. The molecule has 0 saturated heterocycles. The number of nitrogens with two attached hydrogens (primary N) is 1.